The summed E-state index contributed by atoms with van der Waals surface area (Å²) in [6, 6.07) is 20.6. The van der Waals surface area contributed by atoms with Crippen molar-refractivity contribution < 1.29 is 4.74 Å². The zero-order chi connectivity index (χ0) is 15.1. The molecule has 0 aliphatic carbocycles. The largest absolute Gasteiger partial charge is 0.497 e. The number of nitrogens with one attached hydrogen (secondary N) is 1. The lowest BCUT2D eigenvalue weighted by Gasteiger charge is -2.21. The van der Waals surface area contributed by atoms with Crippen molar-refractivity contribution in [1.29, 1.82) is 5.26 Å². The lowest BCUT2D eigenvalue weighted by molar-refractivity contribution is 0.414. The third-order valence-corrected chi connectivity index (χ3v) is 3.43. The minimum absolute atomic E-state index is 0.0190. The first-order valence-electron chi connectivity index (χ1n) is 7.06. The highest BCUT2D eigenvalue weighted by Gasteiger charge is 2.14. The zero-order valence-corrected chi connectivity index (χ0v) is 12.4. The average Bonchev–Trinajstić information content (AvgIpc) is 2.56. The highest BCUT2D eigenvalue weighted by molar-refractivity contribution is 5.35. The van der Waals surface area contributed by atoms with Crippen LogP contribution in [0.5, 0.6) is 5.75 Å². The van der Waals surface area contributed by atoms with Crippen molar-refractivity contribution in [2.75, 3.05) is 13.7 Å². The predicted molar refractivity (Wildman–Crippen MR) is 84.1 cm³/mol. The molecule has 2 aromatic carbocycles. The van der Waals surface area contributed by atoms with Crippen LogP contribution in [0.1, 0.15) is 24.1 Å². The number of hydrogen-bond acceptors (Lipinski definition) is 3. The van der Waals surface area contributed by atoms with Gasteiger partial charge in [-0.25, -0.2) is 0 Å². The molecule has 0 fully saturated rings. The van der Waals surface area contributed by atoms with Gasteiger partial charge in [-0.15, -0.1) is 0 Å². The molecule has 0 saturated carbocycles. The summed E-state index contributed by atoms with van der Waals surface area (Å²) in [4.78, 5) is 0. The molecule has 108 valence electrons. The smallest absolute Gasteiger partial charge is 0.118 e. The molecule has 2 unspecified atom stereocenters. The Morgan fingerprint density at radius 1 is 1.05 bits per heavy atom. The molecule has 1 N–H and O–H groups in total. The van der Waals surface area contributed by atoms with Crippen LogP contribution in [0.2, 0.25) is 0 Å². The molecular formula is C18H20N2O. The minimum atomic E-state index is -0.0190. The minimum Gasteiger partial charge on any atom is -0.497 e. The number of methoxy groups -OCH3 is 1. The van der Waals surface area contributed by atoms with E-state index in [1.54, 1.807) is 7.11 Å². The van der Waals surface area contributed by atoms with Gasteiger partial charge in [0, 0.05) is 6.54 Å². The maximum absolute atomic E-state index is 8.95. The predicted octanol–water partition coefficient (Wildman–Crippen LogP) is 3.53. The fourth-order valence-electron chi connectivity index (χ4n) is 2.21. The second-order valence-corrected chi connectivity index (χ2v) is 5.06. The van der Waals surface area contributed by atoms with E-state index < -0.39 is 0 Å². The number of hydrogen-bond donors (Lipinski definition) is 1. The lowest BCUT2D eigenvalue weighted by Crippen LogP contribution is -2.26. The topological polar surface area (TPSA) is 45.0 Å². The monoisotopic (exact) mass is 280 g/mol. The average molecular weight is 280 g/mol. The number of nitriles is 1. The highest BCUT2D eigenvalue weighted by atomic mass is 16.5. The van der Waals surface area contributed by atoms with Crippen molar-refractivity contribution in [1.82, 2.24) is 5.32 Å². The van der Waals surface area contributed by atoms with Crippen LogP contribution in [0.3, 0.4) is 0 Å². The van der Waals surface area contributed by atoms with Crippen LogP contribution in [0, 0.1) is 17.2 Å². The first kappa shape index (κ1) is 15.1. The van der Waals surface area contributed by atoms with Gasteiger partial charge in [-0.1, -0.05) is 42.5 Å². The Morgan fingerprint density at radius 2 is 1.67 bits per heavy atom. The quantitative estimate of drug-likeness (QED) is 0.880. The number of ether oxygens (including phenoxy) is 1. The van der Waals surface area contributed by atoms with E-state index in [4.69, 9.17) is 10.00 Å². The second-order valence-electron chi connectivity index (χ2n) is 5.06. The molecule has 0 aliphatic rings. The Morgan fingerprint density at radius 3 is 2.24 bits per heavy atom. The van der Waals surface area contributed by atoms with Crippen molar-refractivity contribution in [2.45, 2.75) is 13.0 Å². The Bertz CT molecular complexity index is 587. The molecule has 0 spiro atoms. The molecule has 0 bridgehead atoms. The van der Waals surface area contributed by atoms with Gasteiger partial charge in [0.15, 0.2) is 0 Å². The van der Waals surface area contributed by atoms with Crippen LogP contribution in [-0.4, -0.2) is 13.7 Å². The summed E-state index contributed by atoms with van der Waals surface area (Å²) in [5.41, 5.74) is 2.35. The van der Waals surface area contributed by atoms with Crippen LogP contribution in [0.4, 0.5) is 0 Å². The Hall–Kier alpha value is -2.31. The standard InChI is InChI=1S/C18H20N2O/c1-14(12-19)13-20-18(15-6-4-3-5-7-15)16-8-10-17(21-2)11-9-16/h3-11,14,18,20H,13H2,1-2H3. The molecule has 2 aromatic rings. The molecule has 2 rings (SSSR count). The molecular weight excluding hydrogens is 260 g/mol. The highest BCUT2D eigenvalue weighted by Crippen LogP contribution is 2.24. The van der Waals surface area contributed by atoms with Gasteiger partial charge in [-0.2, -0.15) is 5.26 Å². The molecule has 3 heteroatoms. The third kappa shape index (κ3) is 4.08. The van der Waals surface area contributed by atoms with E-state index in [2.05, 4.69) is 35.7 Å². The van der Waals surface area contributed by atoms with Gasteiger partial charge >= 0.3 is 0 Å². The maximum Gasteiger partial charge on any atom is 0.118 e. The van der Waals surface area contributed by atoms with E-state index in [1.807, 2.05) is 37.3 Å². The summed E-state index contributed by atoms with van der Waals surface area (Å²) in [6.45, 7) is 2.57. The van der Waals surface area contributed by atoms with Crippen molar-refractivity contribution >= 4 is 0 Å². The van der Waals surface area contributed by atoms with Crippen LogP contribution in [0.25, 0.3) is 0 Å². The van der Waals surface area contributed by atoms with E-state index in [0.717, 1.165) is 11.3 Å². The fourth-order valence-corrected chi connectivity index (χ4v) is 2.21. The molecule has 0 saturated heterocycles. The molecule has 0 amide bonds. The first-order chi connectivity index (χ1) is 10.2. The normalized spacial score (nSPS) is 13.2. The molecule has 0 radical (unpaired) electrons. The number of nitrogens with zero attached hydrogens (tertiary/aromatic N) is 1. The molecule has 21 heavy (non-hydrogen) atoms. The van der Waals surface area contributed by atoms with Gasteiger partial charge < -0.3 is 10.1 Å². The summed E-state index contributed by atoms with van der Waals surface area (Å²) >= 11 is 0. The Kier molecular flexibility index (Phi) is 5.36. The van der Waals surface area contributed by atoms with Crippen molar-refractivity contribution in [2.24, 2.45) is 5.92 Å². The lowest BCUT2D eigenvalue weighted by atomic mass is 9.98. The first-order valence-corrected chi connectivity index (χ1v) is 7.06. The van der Waals surface area contributed by atoms with E-state index in [1.165, 1.54) is 5.56 Å². The van der Waals surface area contributed by atoms with Crippen LogP contribution >= 0.6 is 0 Å². The van der Waals surface area contributed by atoms with Crippen LogP contribution in [-0.2, 0) is 0 Å². The molecule has 2 atom stereocenters. The summed E-state index contributed by atoms with van der Waals surface area (Å²) in [5.74, 6) is 0.824. The van der Waals surface area contributed by atoms with E-state index >= 15 is 0 Å². The second kappa shape index (κ2) is 7.47. The number of benzene rings is 2. The van der Waals surface area contributed by atoms with Crippen LogP contribution in [0.15, 0.2) is 54.6 Å². The van der Waals surface area contributed by atoms with Crippen molar-refractivity contribution in [3.05, 3.63) is 65.7 Å². The van der Waals surface area contributed by atoms with Crippen molar-refractivity contribution in [3.63, 3.8) is 0 Å². The van der Waals surface area contributed by atoms with Gasteiger partial charge in [0.05, 0.1) is 25.1 Å². The summed E-state index contributed by atoms with van der Waals surface area (Å²) in [7, 11) is 1.66. The Labute approximate surface area is 126 Å². The van der Waals surface area contributed by atoms with Gasteiger partial charge in [0.1, 0.15) is 5.75 Å². The maximum atomic E-state index is 8.95. The summed E-state index contributed by atoms with van der Waals surface area (Å²) in [6.07, 6.45) is 0. The van der Waals surface area contributed by atoms with E-state index in [-0.39, 0.29) is 12.0 Å². The fraction of sp³-hybridized carbons (Fsp3) is 0.278. The molecule has 0 aliphatic heterocycles. The summed E-state index contributed by atoms with van der Waals surface area (Å²) < 4.78 is 5.21. The SMILES string of the molecule is COc1ccc(C(NCC(C)C#N)c2ccccc2)cc1. The Balaban J connectivity index is 2.24. The van der Waals surface area contributed by atoms with Gasteiger partial charge in [-0.3, -0.25) is 0 Å². The van der Waals surface area contributed by atoms with Gasteiger partial charge in [-0.05, 0) is 30.2 Å². The zero-order valence-electron chi connectivity index (χ0n) is 12.4. The van der Waals surface area contributed by atoms with Crippen molar-refractivity contribution in [3.8, 4) is 11.8 Å². The number of rotatable bonds is 6. The molecule has 0 heterocycles. The van der Waals surface area contributed by atoms with E-state index in [9.17, 15) is 0 Å². The molecule has 3 nitrogen and oxygen atoms in total. The van der Waals surface area contributed by atoms with E-state index in [0.29, 0.717) is 6.54 Å². The van der Waals surface area contributed by atoms with Crippen LogP contribution < -0.4 is 10.1 Å². The molecule has 0 aromatic heterocycles. The summed E-state index contributed by atoms with van der Waals surface area (Å²) in [5, 5.41) is 12.4. The third-order valence-electron chi connectivity index (χ3n) is 3.43. The van der Waals surface area contributed by atoms with Gasteiger partial charge in [0.2, 0.25) is 0 Å². The van der Waals surface area contributed by atoms with Gasteiger partial charge in [0.25, 0.3) is 0 Å².